The number of benzene rings is 3. The molecule has 0 saturated carbocycles. The second kappa shape index (κ2) is 7.78. The summed E-state index contributed by atoms with van der Waals surface area (Å²) in [4.78, 5) is 0. The maximum atomic E-state index is 14.2. The third-order valence-electron chi connectivity index (χ3n) is 4.15. The first-order valence-electron chi connectivity index (χ1n) is 8.46. The van der Waals surface area contributed by atoms with Crippen LogP contribution in [0.1, 0.15) is 17.5 Å². The second-order valence-corrected chi connectivity index (χ2v) is 6.44. The van der Waals surface area contributed by atoms with Gasteiger partial charge in [-0.1, -0.05) is 54.1 Å². The van der Waals surface area contributed by atoms with Gasteiger partial charge in [-0.25, -0.2) is 8.78 Å². The van der Waals surface area contributed by atoms with Crippen LogP contribution in [0.25, 0.3) is 11.5 Å². The highest BCUT2D eigenvalue weighted by atomic mass is 35.5. The Morgan fingerprint density at radius 1 is 0.893 bits per heavy atom. The highest BCUT2D eigenvalue weighted by Crippen LogP contribution is 2.31. The fourth-order valence-corrected chi connectivity index (χ4v) is 3.01. The summed E-state index contributed by atoms with van der Waals surface area (Å²) in [5.74, 6) is -0.709. The zero-order chi connectivity index (χ0) is 19.5. The van der Waals surface area contributed by atoms with Crippen LogP contribution in [0.15, 0.2) is 77.2 Å². The summed E-state index contributed by atoms with van der Waals surface area (Å²) in [5, 5.41) is 11.6. The lowest BCUT2D eigenvalue weighted by Gasteiger charge is -2.17. The van der Waals surface area contributed by atoms with E-state index in [1.165, 1.54) is 0 Å². The molecule has 28 heavy (non-hydrogen) atoms. The lowest BCUT2D eigenvalue weighted by atomic mass is 10.1. The van der Waals surface area contributed by atoms with Crippen molar-refractivity contribution in [3.63, 3.8) is 0 Å². The Morgan fingerprint density at radius 2 is 1.64 bits per heavy atom. The van der Waals surface area contributed by atoms with Gasteiger partial charge in [-0.2, -0.15) is 0 Å². The molecule has 0 radical (unpaired) electrons. The maximum Gasteiger partial charge on any atom is 0.249 e. The Labute approximate surface area is 164 Å². The van der Waals surface area contributed by atoms with Crippen LogP contribution in [0.4, 0.5) is 14.5 Å². The van der Waals surface area contributed by atoms with Crippen molar-refractivity contribution < 1.29 is 13.2 Å². The number of halogens is 3. The summed E-state index contributed by atoms with van der Waals surface area (Å²) < 4.78 is 33.6. The molecule has 0 spiro atoms. The average Bonchev–Trinajstić information content (AvgIpc) is 3.19. The number of aromatic nitrogens is 2. The lowest BCUT2D eigenvalue weighted by molar-refractivity contribution is 0.492. The van der Waals surface area contributed by atoms with Crippen LogP contribution in [0.5, 0.6) is 0 Å². The van der Waals surface area contributed by atoms with E-state index in [1.807, 2.05) is 30.3 Å². The minimum Gasteiger partial charge on any atom is -0.418 e. The van der Waals surface area contributed by atoms with E-state index in [9.17, 15) is 8.78 Å². The number of hydrogen-bond acceptors (Lipinski definition) is 4. The van der Waals surface area contributed by atoms with Crippen LogP contribution >= 0.6 is 11.6 Å². The van der Waals surface area contributed by atoms with Crippen molar-refractivity contribution >= 4 is 17.3 Å². The van der Waals surface area contributed by atoms with E-state index < -0.39 is 17.7 Å². The van der Waals surface area contributed by atoms with E-state index in [-0.39, 0.29) is 17.5 Å². The second-order valence-electron chi connectivity index (χ2n) is 6.04. The van der Waals surface area contributed by atoms with Gasteiger partial charge in [-0.3, -0.25) is 0 Å². The minimum atomic E-state index is -0.679. The third-order valence-corrected chi connectivity index (χ3v) is 4.48. The summed E-state index contributed by atoms with van der Waals surface area (Å²) in [7, 11) is 0. The zero-order valence-corrected chi connectivity index (χ0v) is 15.2. The standard InChI is InChI=1S/C21H14ClF2N3O/c22-16-9-5-4-8-15(16)20-26-27-21(28-20)19(13-6-2-1-3-7-13)25-18-12-14(23)10-11-17(18)24/h1-12,19,25H/t19-/m0/s1. The smallest absolute Gasteiger partial charge is 0.249 e. The van der Waals surface area contributed by atoms with E-state index in [1.54, 1.807) is 24.3 Å². The van der Waals surface area contributed by atoms with Gasteiger partial charge in [0.15, 0.2) is 0 Å². The SMILES string of the molecule is Fc1ccc(F)c(N[C@@H](c2ccccc2)c2nnc(-c3ccccc3Cl)o2)c1. The molecule has 1 atom stereocenters. The lowest BCUT2D eigenvalue weighted by Crippen LogP contribution is -2.14. The van der Waals surface area contributed by atoms with Gasteiger partial charge in [-0.15, -0.1) is 10.2 Å². The topological polar surface area (TPSA) is 51.0 Å². The van der Waals surface area contributed by atoms with Gasteiger partial charge in [0.25, 0.3) is 0 Å². The molecule has 0 fully saturated rings. The van der Waals surface area contributed by atoms with Gasteiger partial charge in [-0.05, 0) is 35.9 Å². The van der Waals surface area contributed by atoms with Crippen molar-refractivity contribution in [2.75, 3.05) is 5.32 Å². The highest BCUT2D eigenvalue weighted by molar-refractivity contribution is 6.33. The van der Waals surface area contributed by atoms with E-state index in [0.717, 1.165) is 23.8 Å². The van der Waals surface area contributed by atoms with Crippen LogP contribution in [-0.2, 0) is 0 Å². The van der Waals surface area contributed by atoms with Crippen molar-refractivity contribution in [1.29, 1.82) is 0 Å². The van der Waals surface area contributed by atoms with Gasteiger partial charge in [0.05, 0.1) is 16.3 Å². The molecule has 1 N–H and O–H groups in total. The van der Waals surface area contributed by atoms with Crippen molar-refractivity contribution in [1.82, 2.24) is 10.2 Å². The molecule has 0 aliphatic carbocycles. The largest absolute Gasteiger partial charge is 0.418 e. The normalized spacial score (nSPS) is 12.0. The van der Waals surface area contributed by atoms with Crippen LogP contribution in [0.2, 0.25) is 5.02 Å². The fraction of sp³-hybridized carbons (Fsp3) is 0.0476. The van der Waals surface area contributed by atoms with Gasteiger partial charge in [0.2, 0.25) is 11.8 Å². The Morgan fingerprint density at radius 3 is 2.43 bits per heavy atom. The van der Waals surface area contributed by atoms with Gasteiger partial charge in [0, 0.05) is 0 Å². The Balaban J connectivity index is 1.75. The summed E-state index contributed by atoms with van der Waals surface area (Å²) >= 11 is 6.20. The molecular weight excluding hydrogens is 384 g/mol. The van der Waals surface area contributed by atoms with Crippen LogP contribution < -0.4 is 5.32 Å². The summed E-state index contributed by atoms with van der Waals surface area (Å²) in [5.41, 5.74) is 1.33. The van der Waals surface area contributed by atoms with Crippen molar-refractivity contribution in [3.05, 3.63) is 101 Å². The summed E-state index contributed by atoms with van der Waals surface area (Å²) in [6, 6.07) is 18.8. The number of nitrogens with zero attached hydrogens (tertiary/aromatic N) is 2. The molecule has 1 heterocycles. The quantitative estimate of drug-likeness (QED) is 0.457. The molecule has 3 aromatic carbocycles. The predicted octanol–water partition coefficient (Wildman–Crippen LogP) is 5.87. The molecule has 4 aromatic rings. The Kier molecular flexibility index (Phi) is 5.04. The summed E-state index contributed by atoms with van der Waals surface area (Å²) in [6.07, 6.45) is 0. The first-order chi connectivity index (χ1) is 13.6. The van der Waals surface area contributed by atoms with Crippen molar-refractivity contribution in [2.45, 2.75) is 6.04 Å². The Hall–Kier alpha value is -3.25. The van der Waals surface area contributed by atoms with Crippen molar-refractivity contribution in [2.24, 2.45) is 0 Å². The molecular formula is C21H14ClF2N3O. The molecule has 7 heteroatoms. The molecule has 4 rings (SSSR count). The molecule has 0 aliphatic heterocycles. The van der Waals surface area contributed by atoms with Crippen LogP contribution in [-0.4, -0.2) is 10.2 Å². The first kappa shape index (κ1) is 18.1. The van der Waals surface area contributed by atoms with Gasteiger partial charge < -0.3 is 9.73 Å². The molecule has 0 aliphatic rings. The van der Waals surface area contributed by atoms with Crippen LogP contribution in [0.3, 0.4) is 0 Å². The van der Waals surface area contributed by atoms with E-state index in [4.69, 9.17) is 16.0 Å². The Bertz CT molecular complexity index is 1100. The molecule has 0 unspecified atom stereocenters. The molecule has 0 amide bonds. The van der Waals surface area contributed by atoms with Crippen LogP contribution in [0, 0.1) is 11.6 Å². The minimum absolute atomic E-state index is 0.00801. The van der Waals surface area contributed by atoms with E-state index in [2.05, 4.69) is 15.5 Å². The monoisotopic (exact) mass is 397 g/mol. The molecule has 1 aromatic heterocycles. The third kappa shape index (κ3) is 3.73. The zero-order valence-electron chi connectivity index (χ0n) is 14.4. The number of rotatable bonds is 5. The summed E-state index contributed by atoms with van der Waals surface area (Å²) in [6.45, 7) is 0. The number of hydrogen-bond donors (Lipinski definition) is 1. The molecule has 0 saturated heterocycles. The molecule has 140 valence electrons. The number of anilines is 1. The highest BCUT2D eigenvalue weighted by Gasteiger charge is 2.23. The van der Waals surface area contributed by atoms with Gasteiger partial charge >= 0.3 is 0 Å². The van der Waals surface area contributed by atoms with E-state index >= 15 is 0 Å². The maximum absolute atomic E-state index is 14.2. The van der Waals surface area contributed by atoms with Gasteiger partial charge in [0.1, 0.15) is 17.7 Å². The predicted molar refractivity (Wildman–Crippen MR) is 103 cm³/mol. The average molecular weight is 398 g/mol. The first-order valence-corrected chi connectivity index (χ1v) is 8.84. The van der Waals surface area contributed by atoms with E-state index in [0.29, 0.717) is 10.6 Å². The molecule has 4 nitrogen and oxygen atoms in total. The number of nitrogens with one attached hydrogen (secondary N) is 1. The molecule has 0 bridgehead atoms. The van der Waals surface area contributed by atoms with Crippen molar-refractivity contribution in [3.8, 4) is 11.5 Å². The fourth-order valence-electron chi connectivity index (χ4n) is 2.79.